The molecule has 0 amide bonds. The molecule has 5 heteroatoms. The molecule has 1 aliphatic heterocycles. The van der Waals surface area contributed by atoms with Gasteiger partial charge in [0, 0.05) is 6.61 Å². The minimum Gasteiger partial charge on any atom is -0.381 e. The van der Waals surface area contributed by atoms with Crippen LogP contribution in [-0.2, 0) is 4.74 Å². The van der Waals surface area contributed by atoms with Crippen molar-refractivity contribution in [1.29, 1.82) is 0 Å². The first-order valence-corrected chi connectivity index (χ1v) is 5.80. The molecule has 2 rings (SSSR count). The van der Waals surface area contributed by atoms with Crippen LogP contribution in [0.2, 0.25) is 0 Å². The highest BCUT2D eigenvalue weighted by molar-refractivity contribution is 6.20. The van der Waals surface area contributed by atoms with Crippen LogP contribution in [0.3, 0.4) is 0 Å². The van der Waals surface area contributed by atoms with E-state index in [4.69, 9.17) is 20.9 Å². The number of nitrogens with zero attached hydrogens (tertiary/aromatic N) is 2. The van der Waals surface area contributed by atoms with Crippen LogP contribution >= 0.6 is 11.6 Å². The molecule has 1 aromatic heterocycles. The standard InChI is InChI=1S/C10H15ClN2O2/c1-2-8(11)9-12-10(15-13-9)7-4-3-5-14-6-7/h7-8H,2-6H2,1H3. The number of ether oxygens (including phenoxy) is 1. The lowest BCUT2D eigenvalue weighted by Crippen LogP contribution is -2.15. The van der Waals surface area contributed by atoms with Gasteiger partial charge < -0.3 is 9.26 Å². The first-order chi connectivity index (χ1) is 7.31. The monoisotopic (exact) mass is 230 g/mol. The molecular weight excluding hydrogens is 216 g/mol. The number of halogens is 1. The number of hydrogen-bond donors (Lipinski definition) is 0. The Balaban J connectivity index is 2.05. The molecular formula is C10H15ClN2O2. The van der Waals surface area contributed by atoms with E-state index in [0.717, 1.165) is 25.9 Å². The molecule has 0 bridgehead atoms. The Morgan fingerprint density at radius 2 is 2.47 bits per heavy atom. The highest BCUT2D eigenvalue weighted by Crippen LogP contribution is 2.27. The van der Waals surface area contributed by atoms with Gasteiger partial charge in [0.1, 0.15) is 0 Å². The fourth-order valence-electron chi connectivity index (χ4n) is 1.66. The predicted octanol–water partition coefficient (Wildman–Crippen LogP) is 2.65. The van der Waals surface area contributed by atoms with E-state index >= 15 is 0 Å². The van der Waals surface area contributed by atoms with Crippen molar-refractivity contribution in [2.24, 2.45) is 0 Å². The van der Waals surface area contributed by atoms with Crippen LogP contribution < -0.4 is 0 Å². The Bertz CT molecular complexity index is 310. The summed E-state index contributed by atoms with van der Waals surface area (Å²) in [4.78, 5) is 4.31. The number of alkyl halides is 1. The van der Waals surface area contributed by atoms with Gasteiger partial charge in [0.2, 0.25) is 5.89 Å². The van der Waals surface area contributed by atoms with Crippen molar-refractivity contribution < 1.29 is 9.26 Å². The van der Waals surface area contributed by atoms with Crippen LogP contribution in [-0.4, -0.2) is 23.4 Å². The minimum absolute atomic E-state index is 0.146. The summed E-state index contributed by atoms with van der Waals surface area (Å²) in [5.74, 6) is 1.52. The average molecular weight is 231 g/mol. The van der Waals surface area contributed by atoms with E-state index < -0.39 is 0 Å². The quantitative estimate of drug-likeness (QED) is 0.749. The molecule has 2 unspecified atom stereocenters. The van der Waals surface area contributed by atoms with Gasteiger partial charge in [-0.25, -0.2) is 0 Å². The molecule has 2 heterocycles. The van der Waals surface area contributed by atoms with Crippen molar-refractivity contribution >= 4 is 11.6 Å². The molecule has 2 atom stereocenters. The topological polar surface area (TPSA) is 48.2 Å². The molecule has 1 aromatic rings. The third kappa shape index (κ3) is 2.49. The Hall–Kier alpha value is -0.610. The molecule has 1 fully saturated rings. The molecule has 4 nitrogen and oxygen atoms in total. The molecule has 1 aliphatic rings. The summed E-state index contributed by atoms with van der Waals surface area (Å²) in [6, 6.07) is 0. The number of hydrogen-bond acceptors (Lipinski definition) is 4. The lowest BCUT2D eigenvalue weighted by Gasteiger charge is -2.18. The highest BCUT2D eigenvalue weighted by Gasteiger charge is 2.23. The van der Waals surface area contributed by atoms with E-state index in [1.54, 1.807) is 0 Å². The third-order valence-electron chi connectivity index (χ3n) is 2.61. The summed E-state index contributed by atoms with van der Waals surface area (Å²) < 4.78 is 10.6. The van der Waals surface area contributed by atoms with Crippen molar-refractivity contribution in [1.82, 2.24) is 10.1 Å². The van der Waals surface area contributed by atoms with Gasteiger partial charge in [-0.2, -0.15) is 4.98 Å². The van der Waals surface area contributed by atoms with Crippen molar-refractivity contribution in [2.75, 3.05) is 13.2 Å². The van der Waals surface area contributed by atoms with E-state index in [1.807, 2.05) is 6.92 Å². The average Bonchev–Trinajstić information content (AvgIpc) is 2.78. The van der Waals surface area contributed by atoms with E-state index in [0.29, 0.717) is 18.3 Å². The maximum atomic E-state index is 6.03. The second-order valence-electron chi connectivity index (χ2n) is 3.78. The molecule has 0 N–H and O–H groups in total. The van der Waals surface area contributed by atoms with Gasteiger partial charge in [-0.3, -0.25) is 0 Å². The van der Waals surface area contributed by atoms with Crippen LogP contribution in [0.4, 0.5) is 0 Å². The summed E-state index contributed by atoms with van der Waals surface area (Å²) in [7, 11) is 0. The molecule has 0 saturated carbocycles. The highest BCUT2D eigenvalue weighted by atomic mass is 35.5. The van der Waals surface area contributed by atoms with Crippen molar-refractivity contribution in [3.05, 3.63) is 11.7 Å². The zero-order valence-corrected chi connectivity index (χ0v) is 9.54. The van der Waals surface area contributed by atoms with Gasteiger partial charge in [0.15, 0.2) is 5.82 Å². The predicted molar refractivity (Wildman–Crippen MR) is 56.0 cm³/mol. The van der Waals surface area contributed by atoms with Gasteiger partial charge in [-0.1, -0.05) is 12.1 Å². The first kappa shape index (κ1) is 10.9. The fourth-order valence-corrected chi connectivity index (χ4v) is 1.75. The zero-order valence-electron chi connectivity index (χ0n) is 8.78. The summed E-state index contributed by atoms with van der Waals surface area (Å²) in [6.07, 6.45) is 2.92. The van der Waals surface area contributed by atoms with Crippen molar-refractivity contribution in [2.45, 2.75) is 37.5 Å². The second-order valence-corrected chi connectivity index (χ2v) is 4.31. The third-order valence-corrected chi connectivity index (χ3v) is 3.11. The molecule has 1 saturated heterocycles. The normalized spacial score (nSPS) is 24.0. The van der Waals surface area contributed by atoms with Gasteiger partial charge in [-0.05, 0) is 19.3 Å². The Labute approximate surface area is 93.9 Å². The van der Waals surface area contributed by atoms with E-state index in [-0.39, 0.29) is 11.3 Å². The Kier molecular flexibility index (Phi) is 3.59. The molecule has 0 aromatic carbocycles. The van der Waals surface area contributed by atoms with Gasteiger partial charge >= 0.3 is 0 Å². The van der Waals surface area contributed by atoms with Gasteiger partial charge in [-0.15, -0.1) is 11.6 Å². The number of aromatic nitrogens is 2. The summed E-state index contributed by atoms with van der Waals surface area (Å²) in [5.41, 5.74) is 0. The van der Waals surface area contributed by atoms with Crippen molar-refractivity contribution in [3.8, 4) is 0 Å². The molecule has 0 radical (unpaired) electrons. The van der Waals surface area contributed by atoms with Crippen LogP contribution in [0.25, 0.3) is 0 Å². The number of rotatable bonds is 3. The summed E-state index contributed by atoms with van der Waals surface area (Å²) in [5, 5.41) is 3.74. The lowest BCUT2D eigenvalue weighted by molar-refractivity contribution is 0.0705. The molecule has 0 aliphatic carbocycles. The summed E-state index contributed by atoms with van der Waals surface area (Å²) >= 11 is 6.03. The van der Waals surface area contributed by atoms with E-state index in [9.17, 15) is 0 Å². The summed E-state index contributed by atoms with van der Waals surface area (Å²) in [6.45, 7) is 3.52. The van der Waals surface area contributed by atoms with Crippen LogP contribution in [0.1, 0.15) is 49.2 Å². The van der Waals surface area contributed by atoms with Gasteiger partial charge in [0.25, 0.3) is 0 Å². The van der Waals surface area contributed by atoms with E-state index in [1.165, 1.54) is 0 Å². The van der Waals surface area contributed by atoms with Crippen molar-refractivity contribution in [3.63, 3.8) is 0 Å². The molecule has 84 valence electrons. The van der Waals surface area contributed by atoms with Crippen LogP contribution in [0.15, 0.2) is 4.52 Å². The lowest BCUT2D eigenvalue weighted by atomic mass is 10.0. The fraction of sp³-hybridized carbons (Fsp3) is 0.800. The molecule has 15 heavy (non-hydrogen) atoms. The van der Waals surface area contributed by atoms with E-state index in [2.05, 4.69) is 10.1 Å². The molecule has 0 spiro atoms. The largest absolute Gasteiger partial charge is 0.381 e. The first-order valence-electron chi connectivity index (χ1n) is 5.36. The SMILES string of the molecule is CCC(Cl)c1noc(C2CCCOC2)n1. The minimum atomic E-state index is -0.146. The second kappa shape index (κ2) is 4.94. The zero-order chi connectivity index (χ0) is 10.7. The van der Waals surface area contributed by atoms with Gasteiger partial charge in [0.05, 0.1) is 17.9 Å². The maximum absolute atomic E-state index is 6.03. The van der Waals surface area contributed by atoms with Crippen LogP contribution in [0, 0.1) is 0 Å². The maximum Gasteiger partial charge on any atom is 0.232 e. The Morgan fingerprint density at radius 1 is 1.60 bits per heavy atom. The smallest absolute Gasteiger partial charge is 0.232 e. The van der Waals surface area contributed by atoms with Crippen LogP contribution in [0.5, 0.6) is 0 Å². The Morgan fingerprint density at radius 3 is 3.13 bits per heavy atom.